The van der Waals surface area contributed by atoms with E-state index in [0.717, 1.165) is 15.4 Å². The molecular formula is C35H38FN3O5S. The van der Waals surface area contributed by atoms with Crippen LogP contribution in [0.3, 0.4) is 0 Å². The highest BCUT2D eigenvalue weighted by Gasteiger charge is 2.35. The third-order valence-corrected chi connectivity index (χ3v) is 9.16. The highest BCUT2D eigenvalue weighted by molar-refractivity contribution is 7.92. The van der Waals surface area contributed by atoms with Gasteiger partial charge < -0.3 is 15.0 Å². The summed E-state index contributed by atoms with van der Waals surface area (Å²) < 4.78 is 49.4. The second-order valence-corrected chi connectivity index (χ2v) is 12.5. The van der Waals surface area contributed by atoms with Crippen molar-refractivity contribution >= 4 is 27.5 Å². The van der Waals surface area contributed by atoms with Gasteiger partial charge in [-0.2, -0.15) is 0 Å². The van der Waals surface area contributed by atoms with Gasteiger partial charge in [0.15, 0.2) is 0 Å². The highest BCUT2D eigenvalue weighted by atomic mass is 32.2. The van der Waals surface area contributed by atoms with E-state index >= 15 is 0 Å². The number of rotatable bonds is 14. The van der Waals surface area contributed by atoms with Gasteiger partial charge in [0, 0.05) is 25.1 Å². The van der Waals surface area contributed by atoms with E-state index in [2.05, 4.69) is 5.32 Å². The molecule has 236 valence electrons. The van der Waals surface area contributed by atoms with Gasteiger partial charge in [0.05, 0.1) is 17.7 Å². The summed E-state index contributed by atoms with van der Waals surface area (Å²) in [5.41, 5.74) is 2.17. The number of carbonyl (C=O) groups is 2. The molecule has 4 aromatic carbocycles. The van der Waals surface area contributed by atoms with Crippen LogP contribution < -0.4 is 14.4 Å². The zero-order valence-electron chi connectivity index (χ0n) is 25.6. The standard InChI is InChI=1S/C35H38FN3O5S/c1-4-22-37-35(41)33(23-27-10-6-5-7-11-27)38(24-28-12-8-9-13-32(28)36)34(40)25-39(29-16-14-26(2)15-17-29)45(42,43)31-20-18-30(44-3)19-21-31/h5-21,33H,4,22-25H2,1-3H3,(H,37,41)/t33-/m0/s1. The molecule has 0 heterocycles. The molecule has 0 saturated heterocycles. The molecule has 0 bridgehead atoms. The molecule has 0 aliphatic rings. The Bertz CT molecular complexity index is 1680. The minimum absolute atomic E-state index is 0.0427. The van der Waals surface area contributed by atoms with E-state index in [9.17, 15) is 22.4 Å². The Balaban J connectivity index is 1.80. The Hall–Kier alpha value is -4.70. The van der Waals surface area contributed by atoms with Crippen molar-refractivity contribution in [2.24, 2.45) is 0 Å². The third-order valence-electron chi connectivity index (χ3n) is 7.37. The van der Waals surface area contributed by atoms with Gasteiger partial charge in [0.25, 0.3) is 10.0 Å². The van der Waals surface area contributed by atoms with E-state index in [-0.39, 0.29) is 29.1 Å². The Labute approximate surface area is 264 Å². The SMILES string of the molecule is CCCNC(=O)[C@H](Cc1ccccc1)N(Cc1ccccc1F)C(=O)CN(c1ccc(C)cc1)S(=O)(=O)c1ccc(OC)cc1. The van der Waals surface area contributed by atoms with Crippen LogP contribution in [0, 0.1) is 12.7 Å². The summed E-state index contributed by atoms with van der Waals surface area (Å²) in [5, 5.41) is 2.88. The first-order chi connectivity index (χ1) is 21.6. The third kappa shape index (κ3) is 8.48. The quantitative estimate of drug-likeness (QED) is 0.198. The fourth-order valence-corrected chi connectivity index (χ4v) is 6.26. The lowest BCUT2D eigenvalue weighted by Crippen LogP contribution is -2.53. The lowest BCUT2D eigenvalue weighted by Gasteiger charge is -2.34. The van der Waals surface area contributed by atoms with Gasteiger partial charge in [-0.3, -0.25) is 13.9 Å². The zero-order chi connectivity index (χ0) is 32.4. The first-order valence-corrected chi connectivity index (χ1v) is 16.2. The average molecular weight is 632 g/mol. The number of ether oxygens (including phenoxy) is 1. The molecule has 0 spiro atoms. The molecule has 1 atom stereocenters. The van der Waals surface area contributed by atoms with Crippen molar-refractivity contribution in [3.05, 3.63) is 126 Å². The fourth-order valence-electron chi connectivity index (χ4n) is 4.84. The molecule has 0 saturated carbocycles. The summed E-state index contributed by atoms with van der Waals surface area (Å²) in [4.78, 5) is 29.3. The van der Waals surface area contributed by atoms with Crippen molar-refractivity contribution in [3.8, 4) is 5.75 Å². The van der Waals surface area contributed by atoms with Crippen molar-refractivity contribution in [2.75, 3.05) is 24.5 Å². The van der Waals surface area contributed by atoms with Crippen LogP contribution in [-0.4, -0.2) is 51.4 Å². The molecule has 45 heavy (non-hydrogen) atoms. The topological polar surface area (TPSA) is 96.0 Å². The van der Waals surface area contributed by atoms with E-state index in [4.69, 9.17) is 4.74 Å². The second kappa shape index (κ2) is 15.3. The second-order valence-electron chi connectivity index (χ2n) is 10.6. The maximum absolute atomic E-state index is 15.0. The van der Waals surface area contributed by atoms with Crippen molar-refractivity contribution in [1.82, 2.24) is 10.2 Å². The van der Waals surface area contributed by atoms with E-state index in [1.807, 2.05) is 44.2 Å². The number of methoxy groups -OCH3 is 1. The van der Waals surface area contributed by atoms with Gasteiger partial charge in [-0.25, -0.2) is 12.8 Å². The lowest BCUT2D eigenvalue weighted by molar-refractivity contribution is -0.140. The number of hydrogen-bond donors (Lipinski definition) is 1. The zero-order valence-corrected chi connectivity index (χ0v) is 26.5. The molecule has 10 heteroatoms. The van der Waals surface area contributed by atoms with Crippen LogP contribution in [0.5, 0.6) is 5.75 Å². The Morgan fingerprint density at radius 2 is 1.53 bits per heavy atom. The van der Waals surface area contributed by atoms with Crippen molar-refractivity contribution in [3.63, 3.8) is 0 Å². The summed E-state index contributed by atoms with van der Waals surface area (Å²) >= 11 is 0. The Morgan fingerprint density at radius 1 is 0.889 bits per heavy atom. The molecular weight excluding hydrogens is 593 g/mol. The molecule has 4 rings (SSSR count). The molecule has 0 aliphatic carbocycles. The average Bonchev–Trinajstić information content (AvgIpc) is 3.05. The number of sulfonamides is 1. The number of benzene rings is 4. The van der Waals surface area contributed by atoms with E-state index in [1.165, 1.54) is 42.3 Å². The Morgan fingerprint density at radius 3 is 2.16 bits per heavy atom. The summed E-state index contributed by atoms with van der Waals surface area (Å²) in [6.45, 7) is 3.30. The normalized spacial score (nSPS) is 11.8. The molecule has 0 aromatic heterocycles. The largest absolute Gasteiger partial charge is 0.497 e. The van der Waals surface area contributed by atoms with Crippen molar-refractivity contribution in [2.45, 2.75) is 44.2 Å². The highest BCUT2D eigenvalue weighted by Crippen LogP contribution is 2.27. The van der Waals surface area contributed by atoms with Gasteiger partial charge >= 0.3 is 0 Å². The van der Waals surface area contributed by atoms with Gasteiger partial charge in [0.2, 0.25) is 11.8 Å². The molecule has 0 unspecified atom stereocenters. The summed E-state index contributed by atoms with van der Waals surface area (Å²) in [6, 6.07) is 26.8. The van der Waals surface area contributed by atoms with Gasteiger partial charge in [0.1, 0.15) is 24.2 Å². The number of carbonyl (C=O) groups excluding carboxylic acids is 2. The van der Waals surface area contributed by atoms with Gasteiger partial charge in [-0.1, -0.05) is 73.2 Å². The van der Waals surface area contributed by atoms with Crippen molar-refractivity contribution in [1.29, 1.82) is 0 Å². The van der Waals surface area contributed by atoms with Crippen LogP contribution in [0.2, 0.25) is 0 Å². The fraction of sp³-hybridized carbons (Fsp3) is 0.257. The number of anilines is 1. The minimum atomic E-state index is -4.26. The minimum Gasteiger partial charge on any atom is -0.497 e. The number of amides is 2. The van der Waals surface area contributed by atoms with Crippen LogP contribution in [-0.2, 0) is 32.6 Å². The summed E-state index contributed by atoms with van der Waals surface area (Å²) in [7, 11) is -2.79. The summed E-state index contributed by atoms with van der Waals surface area (Å²) in [6.07, 6.45) is 0.818. The van der Waals surface area contributed by atoms with Crippen LogP contribution in [0.25, 0.3) is 0 Å². The predicted octanol–water partition coefficient (Wildman–Crippen LogP) is 5.50. The number of hydrogen-bond acceptors (Lipinski definition) is 5. The molecule has 0 aliphatic heterocycles. The molecule has 2 amide bonds. The van der Waals surface area contributed by atoms with Crippen LogP contribution >= 0.6 is 0 Å². The number of halogens is 1. The number of aryl methyl sites for hydroxylation is 1. The first kappa shape index (κ1) is 33.2. The van der Waals surface area contributed by atoms with Gasteiger partial charge in [-0.15, -0.1) is 0 Å². The van der Waals surface area contributed by atoms with Crippen LogP contribution in [0.1, 0.15) is 30.0 Å². The molecule has 1 N–H and O–H groups in total. The lowest BCUT2D eigenvalue weighted by atomic mass is 10.0. The molecule has 4 aromatic rings. The van der Waals surface area contributed by atoms with E-state index < -0.39 is 40.2 Å². The first-order valence-electron chi connectivity index (χ1n) is 14.7. The maximum Gasteiger partial charge on any atom is 0.264 e. The number of nitrogens with zero attached hydrogens (tertiary/aromatic N) is 2. The molecule has 0 radical (unpaired) electrons. The van der Waals surface area contributed by atoms with E-state index in [0.29, 0.717) is 18.7 Å². The predicted molar refractivity (Wildman–Crippen MR) is 173 cm³/mol. The maximum atomic E-state index is 15.0. The molecule has 0 fully saturated rings. The number of nitrogens with one attached hydrogen (secondary N) is 1. The monoisotopic (exact) mass is 631 g/mol. The molecule has 8 nitrogen and oxygen atoms in total. The van der Waals surface area contributed by atoms with Crippen LogP contribution in [0.4, 0.5) is 10.1 Å². The smallest absolute Gasteiger partial charge is 0.264 e. The Kier molecular flexibility index (Phi) is 11.3. The van der Waals surface area contributed by atoms with Gasteiger partial charge in [-0.05, 0) is 61.4 Å². The summed E-state index contributed by atoms with van der Waals surface area (Å²) in [5.74, 6) is -1.14. The van der Waals surface area contributed by atoms with E-state index in [1.54, 1.807) is 42.5 Å². The van der Waals surface area contributed by atoms with Crippen molar-refractivity contribution < 1.29 is 27.1 Å². The van der Waals surface area contributed by atoms with Crippen LogP contribution in [0.15, 0.2) is 108 Å².